The van der Waals surface area contributed by atoms with Crippen molar-refractivity contribution < 1.29 is 13.9 Å². The zero-order valence-corrected chi connectivity index (χ0v) is 13.6. The molecule has 0 aliphatic rings. The van der Waals surface area contributed by atoms with Gasteiger partial charge in [-0.2, -0.15) is 0 Å². The molecule has 0 aliphatic heterocycles. The van der Waals surface area contributed by atoms with Gasteiger partial charge in [0.05, 0.1) is 4.88 Å². The van der Waals surface area contributed by atoms with Crippen LogP contribution in [-0.4, -0.2) is 5.78 Å². The summed E-state index contributed by atoms with van der Waals surface area (Å²) in [6.45, 7) is 0.299. The maximum Gasteiger partial charge on any atom is 0.195 e. The summed E-state index contributed by atoms with van der Waals surface area (Å²) in [7, 11) is 0. The predicted molar refractivity (Wildman–Crippen MR) is 92.2 cm³/mol. The van der Waals surface area contributed by atoms with Crippen LogP contribution in [0.25, 0.3) is 6.08 Å². The Morgan fingerprint density at radius 1 is 1.22 bits per heavy atom. The minimum Gasteiger partial charge on any atom is -0.486 e. The van der Waals surface area contributed by atoms with Gasteiger partial charge >= 0.3 is 0 Å². The van der Waals surface area contributed by atoms with Gasteiger partial charge in [0.15, 0.2) is 5.78 Å². The van der Waals surface area contributed by atoms with Gasteiger partial charge in [-0.25, -0.2) is 0 Å². The van der Waals surface area contributed by atoms with E-state index in [1.807, 2.05) is 29.6 Å². The lowest BCUT2D eigenvalue weighted by Gasteiger charge is -2.03. The van der Waals surface area contributed by atoms with Crippen LogP contribution in [0.2, 0.25) is 5.02 Å². The summed E-state index contributed by atoms with van der Waals surface area (Å²) in [6.07, 6.45) is 3.16. The fraction of sp³-hybridized carbons (Fsp3) is 0.0556. The van der Waals surface area contributed by atoms with E-state index in [1.165, 1.54) is 17.4 Å². The SMILES string of the molecule is O=C(/C=C/c1ccc(COc2cccc(Cl)c2)o1)c1cccs1. The summed E-state index contributed by atoms with van der Waals surface area (Å²) in [4.78, 5) is 12.6. The molecule has 0 fully saturated rings. The lowest BCUT2D eigenvalue weighted by molar-refractivity contribution is 0.105. The van der Waals surface area contributed by atoms with E-state index in [2.05, 4.69) is 0 Å². The first-order valence-corrected chi connectivity index (χ1v) is 8.19. The van der Waals surface area contributed by atoms with Gasteiger partial charge in [0, 0.05) is 5.02 Å². The Balaban J connectivity index is 1.58. The average molecular weight is 345 g/mol. The van der Waals surface area contributed by atoms with E-state index in [1.54, 1.807) is 30.3 Å². The summed E-state index contributed by atoms with van der Waals surface area (Å²) < 4.78 is 11.2. The number of halogens is 1. The number of ketones is 1. The monoisotopic (exact) mass is 344 g/mol. The number of thiophene rings is 1. The standard InChI is InChI=1S/C18H13ClO3S/c19-13-3-1-4-15(11-13)21-12-16-7-6-14(22-16)8-9-17(20)18-5-2-10-23-18/h1-11H,12H2/b9-8+. The first-order chi connectivity index (χ1) is 11.2. The van der Waals surface area contributed by atoms with E-state index in [4.69, 9.17) is 20.8 Å². The number of carbonyl (C=O) groups is 1. The van der Waals surface area contributed by atoms with Gasteiger partial charge in [-0.3, -0.25) is 4.79 Å². The molecule has 3 aromatic rings. The third kappa shape index (κ3) is 4.34. The Morgan fingerprint density at radius 2 is 2.13 bits per heavy atom. The molecule has 0 aliphatic carbocycles. The van der Waals surface area contributed by atoms with Crippen LogP contribution >= 0.6 is 22.9 Å². The van der Waals surface area contributed by atoms with Crippen LogP contribution in [0.4, 0.5) is 0 Å². The lowest BCUT2D eigenvalue weighted by Crippen LogP contribution is -1.93. The molecule has 0 amide bonds. The Bertz CT molecular complexity index is 818. The summed E-state index contributed by atoms with van der Waals surface area (Å²) in [6, 6.07) is 14.4. The van der Waals surface area contributed by atoms with E-state index in [-0.39, 0.29) is 5.78 Å². The van der Waals surface area contributed by atoms with Crippen molar-refractivity contribution in [1.82, 2.24) is 0 Å². The van der Waals surface area contributed by atoms with Crippen molar-refractivity contribution in [2.24, 2.45) is 0 Å². The zero-order chi connectivity index (χ0) is 16.1. The second-order valence-electron chi connectivity index (χ2n) is 4.73. The Labute approximate surface area is 142 Å². The molecule has 3 nitrogen and oxygen atoms in total. The van der Waals surface area contributed by atoms with Crippen LogP contribution in [0.1, 0.15) is 21.2 Å². The van der Waals surface area contributed by atoms with E-state index < -0.39 is 0 Å². The third-order valence-corrected chi connectivity index (χ3v) is 4.14. The summed E-state index contributed by atoms with van der Waals surface area (Å²) >= 11 is 7.32. The number of hydrogen-bond donors (Lipinski definition) is 0. The molecule has 5 heteroatoms. The normalized spacial score (nSPS) is 11.0. The van der Waals surface area contributed by atoms with E-state index in [9.17, 15) is 4.79 Å². The Kier molecular flexibility index (Phi) is 4.95. The smallest absolute Gasteiger partial charge is 0.195 e. The maximum atomic E-state index is 11.9. The molecule has 1 aromatic carbocycles. The van der Waals surface area contributed by atoms with E-state index >= 15 is 0 Å². The number of carbonyl (C=O) groups excluding carboxylic acids is 1. The van der Waals surface area contributed by atoms with Crippen molar-refractivity contribution in [3.05, 3.63) is 81.4 Å². The van der Waals surface area contributed by atoms with Crippen LogP contribution < -0.4 is 4.74 Å². The van der Waals surface area contributed by atoms with Crippen molar-refractivity contribution in [3.63, 3.8) is 0 Å². The molecule has 0 N–H and O–H groups in total. The lowest BCUT2D eigenvalue weighted by atomic mass is 10.3. The highest BCUT2D eigenvalue weighted by Crippen LogP contribution is 2.19. The Morgan fingerprint density at radius 3 is 2.91 bits per heavy atom. The number of ether oxygens (including phenoxy) is 1. The first-order valence-electron chi connectivity index (χ1n) is 6.94. The van der Waals surface area contributed by atoms with Gasteiger partial charge in [-0.15, -0.1) is 11.3 Å². The van der Waals surface area contributed by atoms with Crippen LogP contribution in [0.5, 0.6) is 5.75 Å². The fourth-order valence-corrected chi connectivity index (χ4v) is 2.76. The highest BCUT2D eigenvalue weighted by molar-refractivity contribution is 7.12. The highest BCUT2D eigenvalue weighted by atomic mass is 35.5. The van der Waals surface area contributed by atoms with Crippen molar-refractivity contribution in [2.75, 3.05) is 0 Å². The molecule has 23 heavy (non-hydrogen) atoms. The van der Waals surface area contributed by atoms with Crippen molar-refractivity contribution in [3.8, 4) is 5.75 Å². The van der Waals surface area contributed by atoms with Crippen LogP contribution in [0.15, 0.2) is 64.4 Å². The second kappa shape index (κ2) is 7.31. The number of hydrogen-bond acceptors (Lipinski definition) is 4. The van der Waals surface area contributed by atoms with Gasteiger partial charge < -0.3 is 9.15 Å². The first kappa shape index (κ1) is 15.6. The van der Waals surface area contributed by atoms with Gasteiger partial charge in [-0.1, -0.05) is 23.7 Å². The van der Waals surface area contributed by atoms with Crippen LogP contribution in [0, 0.1) is 0 Å². The average Bonchev–Trinajstić information content (AvgIpc) is 3.22. The molecule has 0 saturated heterocycles. The fourth-order valence-electron chi connectivity index (χ4n) is 1.93. The second-order valence-corrected chi connectivity index (χ2v) is 6.11. The highest BCUT2D eigenvalue weighted by Gasteiger charge is 2.04. The number of rotatable bonds is 6. The topological polar surface area (TPSA) is 39.4 Å². The summed E-state index contributed by atoms with van der Waals surface area (Å²) in [5.74, 6) is 1.93. The molecule has 0 radical (unpaired) electrons. The van der Waals surface area contributed by atoms with Crippen LogP contribution in [-0.2, 0) is 6.61 Å². The Hall–Kier alpha value is -2.30. The summed E-state index contributed by atoms with van der Waals surface area (Å²) in [5.41, 5.74) is 0. The van der Waals surface area contributed by atoms with Gasteiger partial charge in [0.25, 0.3) is 0 Å². The number of furan rings is 1. The molecule has 0 saturated carbocycles. The van der Waals surface area contributed by atoms with Crippen LogP contribution in [0.3, 0.4) is 0 Å². The molecule has 2 aromatic heterocycles. The van der Waals surface area contributed by atoms with Gasteiger partial charge in [0.2, 0.25) is 0 Å². The maximum absolute atomic E-state index is 11.9. The minimum absolute atomic E-state index is 0.0341. The van der Waals surface area contributed by atoms with Gasteiger partial charge in [-0.05, 0) is 53.9 Å². The molecule has 0 bridgehead atoms. The molecule has 0 unspecified atom stereocenters. The summed E-state index contributed by atoms with van der Waals surface area (Å²) in [5, 5.41) is 2.50. The quantitative estimate of drug-likeness (QED) is 0.439. The van der Waals surface area contributed by atoms with Crippen molar-refractivity contribution in [1.29, 1.82) is 0 Å². The predicted octanol–water partition coefficient (Wildman–Crippen LogP) is 5.47. The number of benzene rings is 1. The minimum atomic E-state index is -0.0341. The molecule has 116 valence electrons. The van der Waals surface area contributed by atoms with Gasteiger partial charge in [0.1, 0.15) is 23.9 Å². The molecule has 3 rings (SSSR count). The van der Waals surface area contributed by atoms with E-state index in [0.29, 0.717) is 33.8 Å². The largest absolute Gasteiger partial charge is 0.486 e. The van der Waals surface area contributed by atoms with Crippen molar-refractivity contribution in [2.45, 2.75) is 6.61 Å². The molecular formula is C18H13ClO3S. The molecular weight excluding hydrogens is 332 g/mol. The molecule has 2 heterocycles. The molecule has 0 atom stereocenters. The van der Waals surface area contributed by atoms with E-state index in [0.717, 1.165) is 0 Å². The number of allylic oxidation sites excluding steroid dienone is 1. The van der Waals surface area contributed by atoms with Crippen molar-refractivity contribution >= 4 is 34.8 Å². The zero-order valence-electron chi connectivity index (χ0n) is 12.1. The third-order valence-electron chi connectivity index (χ3n) is 3.02. The molecule has 0 spiro atoms.